The molecule has 4 rings (SSSR count). The number of piperidine rings is 1. The first-order valence-electron chi connectivity index (χ1n) is 13.7. The molecule has 0 radical (unpaired) electrons. The van der Waals surface area contributed by atoms with Crippen molar-refractivity contribution in [1.29, 1.82) is 0 Å². The van der Waals surface area contributed by atoms with Gasteiger partial charge >= 0.3 is 0 Å². The van der Waals surface area contributed by atoms with Crippen molar-refractivity contribution in [2.45, 2.75) is 95.6 Å². The Labute approximate surface area is 228 Å². The van der Waals surface area contributed by atoms with E-state index in [0.29, 0.717) is 36.7 Å². The summed E-state index contributed by atoms with van der Waals surface area (Å²) in [4.78, 5) is 7.76. The lowest BCUT2D eigenvalue weighted by molar-refractivity contribution is 0.526. The summed E-state index contributed by atoms with van der Waals surface area (Å²) in [5, 5.41) is 2.74. The van der Waals surface area contributed by atoms with Gasteiger partial charge in [0.25, 0.3) is 0 Å². The summed E-state index contributed by atoms with van der Waals surface area (Å²) in [6, 6.07) is 12.9. The summed E-state index contributed by atoms with van der Waals surface area (Å²) in [5.74, 6) is 0.671. The Balaban J connectivity index is 1.56. The quantitative estimate of drug-likeness (QED) is 0.290. The average molecular weight is 539 g/mol. The first-order valence-corrected chi connectivity index (χ1v) is 16.2. The van der Waals surface area contributed by atoms with E-state index in [-0.39, 0.29) is 17.1 Å². The molecule has 0 atom stereocenters. The molecule has 0 spiro atoms. The van der Waals surface area contributed by atoms with E-state index in [2.05, 4.69) is 95.1 Å². The van der Waals surface area contributed by atoms with E-state index < -0.39 is 9.84 Å². The van der Waals surface area contributed by atoms with Crippen LogP contribution in [0.5, 0.6) is 0 Å². The molecule has 0 saturated carbocycles. The van der Waals surface area contributed by atoms with Crippen molar-refractivity contribution in [3.05, 3.63) is 64.0 Å². The Kier molecular flexibility index (Phi) is 8.49. The third-order valence-corrected chi connectivity index (χ3v) is 11.0. The monoisotopic (exact) mass is 538 g/mol. The van der Waals surface area contributed by atoms with Crippen molar-refractivity contribution >= 4 is 26.3 Å². The molecule has 1 saturated heterocycles. The first-order chi connectivity index (χ1) is 17.5. The van der Waals surface area contributed by atoms with Gasteiger partial charge in [-0.2, -0.15) is 0 Å². The molecular formula is C31H42N2O2S2. The molecule has 6 heteroatoms. The predicted molar refractivity (Wildman–Crippen MR) is 158 cm³/mol. The lowest BCUT2D eigenvalue weighted by Gasteiger charge is -2.33. The van der Waals surface area contributed by atoms with Crippen LogP contribution < -0.4 is 4.90 Å². The maximum Gasteiger partial charge on any atom is 0.185 e. The molecule has 1 fully saturated rings. The molecule has 200 valence electrons. The SMILES string of the molecule is CCc1ccc(-c2csc(N3CCC(S(=O)(=O)c4c(C(C)C)cc(C(C)C)cc4C(C)C)CC3)n2)cc1. The number of anilines is 1. The molecule has 1 aliphatic heterocycles. The van der Waals surface area contributed by atoms with Gasteiger partial charge in [0.1, 0.15) is 0 Å². The second kappa shape index (κ2) is 11.3. The number of rotatable bonds is 8. The highest BCUT2D eigenvalue weighted by atomic mass is 32.2. The van der Waals surface area contributed by atoms with Gasteiger partial charge in [-0.15, -0.1) is 11.3 Å². The normalized spacial score (nSPS) is 15.4. The van der Waals surface area contributed by atoms with Crippen LogP contribution in [0.4, 0.5) is 5.13 Å². The third kappa shape index (κ3) is 5.80. The fraction of sp³-hybridized carbons (Fsp3) is 0.516. The highest BCUT2D eigenvalue weighted by Crippen LogP contribution is 2.39. The molecule has 0 bridgehead atoms. The molecule has 0 N–H and O–H groups in total. The molecule has 0 aliphatic carbocycles. The molecule has 1 aliphatic rings. The predicted octanol–water partition coefficient (Wildman–Crippen LogP) is 8.19. The Bertz CT molecular complexity index is 1280. The number of benzene rings is 2. The second-order valence-corrected chi connectivity index (χ2v) is 14.3. The first kappa shape index (κ1) is 27.8. The van der Waals surface area contributed by atoms with Crippen LogP contribution in [0.15, 0.2) is 46.7 Å². The lowest BCUT2D eigenvalue weighted by atomic mass is 9.89. The second-order valence-electron chi connectivity index (χ2n) is 11.3. The number of aryl methyl sites for hydroxylation is 1. The summed E-state index contributed by atoms with van der Waals surface area (Å²) in [7, 11) is -3.45. The molecule has 0 amide bonds. The van der Waals surface area contributed by atoms with Crippen molar-refractivity contribution in [3.8, 4) is 11.3 Å². The van der Waals surface area contributed by atoms with Crippen LogP contribution in [0.1, 0.15) is 101 Å². The van der Waals surface area contributed by atoms with E-state index in [4.69, 9.17) is 4.98 Å². The van der Waals surface area contributed by atoms with E-state index in [9.17, 15) is 8.42 Å². The molecule has 0 unspecified atom stereocenters. The maximum atomic E-state index is 14.2. The zero-order valence-corrected chi connectivity index (χ0v) is 25.0. The van der Waals surface area contributed by atoms with Crippen LogP contribution in [0.2, 0.25) is 0 Å². The van der Waals surface area contributed by atoms with Gasteiger partial charge < -0.3 is 4.90 Å². The Morgan fingerprint density at radius 3 is 1.97 bits per heavy atom. The van der Waals surface area contributed by atoms with E-state index in [1.54, 1.807) is 11.3 Å². The zero-order valence-electron chi connectivity index (χ0n) is 23.4. The number of thiazole rings is 1. The van der Waals surface area contributed by atoms with Crippen molar-refractivity contribution in [2.75, 3.05) is 18.0 Å². The van der Waals surface area contributed by atoms with Gasteiger partial charge in [0.15, 0.2) is 15.0 Å². The Morgan fingerprint density at radius 1 is 0.919 bits per heavy atom. The van der Waals surface area contributed by atoms with E-state index in [1.807, 2.05) is 0 Å². The van der Waals surface area contributed by atoms with Gasteiger partial charge in [-0.25, -0.2) is 13.4 Å². The van der Waals surface area contributed by atoms with Crippen molar-refractivity contribution < 1.29 is 8.42 Å². The summed E-state index contributed by atoms with van der Waals surface area (Å²) < 4.78 is 28.3. The molecule has 4 nitrogen and oxygen atoms in total. The summed E-state index contributed by atoms with van der Waals surface area (Å²) >= 11 is 1.65. The standard InChI is InChI=1S/C31H42N2O2S2/c1-8-23-9-11-24(12-10-23)29-19-36-31(32-29)33-15-13-26(14-16-33)37(34,35)30-27(21(4)5)17-25(20(2)3)18-28(30)22(6)7/h9-12,17-22,26H,8,13-16H2,1-7H3. The number of sulfone groups is 1. The average Bonchev–Trinajstić information content (AvgIpc) is 3.38. The van der Waals surface area contributed by atoms with Gasteiger partial charge in [-0.3, -0.25) is 0 Å². The van der Waals surface area contributed by atoms with Gasteiger partial charge in [0.05, 0.1) is 15.8 Å². The molecule has 3 aromatic rings. The van der Waals surface area contributed by atoms with Crippen LogP contribution in [0.25, 0.3) is 11.3 Å². The molecule has 1 aromatic heterocycles. The zero-order chi connectivity index (χ0) is 26.9. The van der Waals surface area contributed by atoms with E-state index in [1.165, 1.54) is 11.1 Å². The molecule has 2 aromatic carbocycles. The third-order valence-electron chi connectivity index (χ3n) is 7.67. The van der Waals surface area contributed by atoms with Gasteiger partial charge in [-0.1, -0.05) is 84.9 Å². The van der Waals surface area contributed by atoms with Crippen LogP contribution in [0.3, 0.4) is 0 Å². The fourth-order valence-electron chi connectivity index (χ4n) is 5.20. The van der Waals surface area contributed by atoms with E-state index >= 15 is 0 Å². The minimum Gasteiger partial charge on any atom is -0.348 e. The Hall–Kier alpha value is -2.18. The highest BCUT2D eigenvalue weighted by molar-refractivity contribution is 7.92. The smallest absolute Gasteiger partial charge is 0.185 e. The van der Waals surface area contributed by atoms with E-state index in [0.717, 1.165) is 33.9 Å². The topological polar surface area (TPSA) is 50.3 Å². The van der Waals surface area contributed by atoms with Crippen LogP contribution in [-0.4, -0.2) is 31.7 Å². The lowest BCUT2D eigenvalue weighted by Crippen LogP contribution is -2.39. The summed E-state index contributed by atoms with van der Waals surface area (Å²) in [6.07, 6.45) is 2.28. The Morgan fingerprint density at radius 2 is 1.49 bits per heavy atom. The summed E-state index contributed by atoms with van der Waals surface area (Å²) in [5.41, 5.74) is 6.63. The fourth-order valence-corrected chi connectivity index (χ4v) is 8.50. The maximum absolute atomic E-state index is 14.2. The molecular weight excluding hydrogens is 496 g/mol. The van der Waals surface area contributed by atoms with Gasteiger partial charge in [0, 0.05) is 24.0 Å². The summed E-state index contributed by atoms with van der Waals surface area (Å²) in [6.45, 7) is 16.4. The van der Waals surface area contributed by atoms with Gasteiger partial charge in [0.2, 0.25) is 0 Å². The van der Waals surface area contributed by atoms with Crippen molar-refractivity contribution in [1.82, 2.24) is 4.98 Å². The highest BCUT2D eigenvalue weighted by Gasteiger charge is 2.36. The van der Waals surface area contributed by atoms with Crippen molar-refractivity contribution in [3.63, 3.8) is 0 Å². The van der Waals surface area contributed by atoms with Gasteiger partial charge in [-0.05, 0) is 59.3 Å². The number of nitrogens with zero attached hydrogens (tertiary/aromatic N) is 2. The molecule has 2 heterocycles. The number of hydrogen-bond acceptors (Lipinski definition) is 5. The molecule has 37 heavy (non-hydrogen) atoms. The van der Waals surface area contributed by atoms with Crippen molar-refractivity contribution in [2.24, 2.45) is 0 Å². The number of aromatic nitrogens is 1. The van der Waals surface area contributed by atoms with Crippen LogP contribution in [-0.2, 0) is 16.3 Å². The minimum absolute atomic E-state index is 0.154. The largest absolute Gasteiger partial charge is 0.348 e. The van der Waals surface area contributed by atoms with Crippen LogP contribution >= 0.6 is 11.3 Å². The minimum atomic E-state index is -3.45. The van der Waals surface area contributed by atoms with Crippen LogP contribution in [0, 0.1) is 0 Å². The number of hydrogen-bond donors (Lipinski definition) is 0.